The lowest BCUT2D eigenvalue weighted by molar-refractivity contribution is -0.138. The van der Waals surface area contributed by atoms with Crippen LogP contribution < -0.4 is 10.6 Å². The summed E-state index contributed by atoms with van der Waals surface area (Å²) in [4.78, 5) is 35.2. The van der Waals surface area contributed by atoms with Crippen molar-refractivity contribution in [2.75, 3.05) is 23.7 Å². The molecule has 11 heteroatoms. The molecule has 2 amide bonds. The number of aryl methyl sites for hydroxylation is 2. The zero-order valence-corrected chi connectivity index (χ0v) is 27.5. The molecule has 3 heterocycles. The number of carbonyl (C=O) groups excluding carboxylic acids is 2. The number of hydrogen-bond acceptors (Lipinski definition) is 6. The van der Waals surface area contributed by atoms with Gasteiger partial charge in [0.15, 0.2) is 0 Å². The fraction of sp³-hybridized carbons (Fsp3) is 0.486. The van der Waals surface area contributed by atoms with E-state index in [2.05, 4.69) is 20.6 Å². The van der Waals surface area contributed by atoms with E-state index in [1.165, 1.54) is 5.56 Å². The van der Waals surface area contributed by atoms with Crippen molar-refractivity contribution in [2.24, 2.45) is 0 Å². The van der Waals surface area contributed by atoms with Gasteiger partial charge in [0.1, 0.15) is 5.60 Å². The monoisotopic (exact) mass is 637 g/mol. The van der Waals surface area contributed by atoms with Gasteiger partial charge in [0, 0.05) is 30.7 Å². The highest BCUT2D eigenvalue weighted by Gasteiger charge is 2.40. The van der Waals surface area contributed by atoms with Crippen LogP contribution in [0.5, 0.6) is 0 Å². The zero-order chi connectivity index (χ0) is 33.6. The summed E-state index contributed by atoms with van der Waals surface area (Å²) in [6.07, 6.45) is -2.15. The third-order valence-corrected chi connectivity index (χ3v) is 9.06. The number of hydrogen-bond donors (Lipinski definition) is 2. The molecular weight excluding hydrogens is 595 g/mol. The van der Waals surface area contributed by atoms with E-state index in [0.717, 1.165) is 41.3 Å². The highest BCUT2D eigenvalue weighted by Crippen LogP contribution is 2.41. The molecule has 0 spiro atoms. The lowest BCUT2D eigenvalue weighted by Gasteiger charge is -2.34. The van der Waals surface area contributed by atoms with Gasteiger partial charge in [-0.1, -0.05) is 18.2 Å². The van der Waals surface area contributed by atoms with Crippen LogP contribution in [0.1, 0.15) is 92.5 Å². The molecule has 2 N–H and O–H groups in total. The van der Waals surface area contributed by atoms with Gasteiger partial charge < -0.3 is 20.3 Å². The summed E-state index contributed by atoms with van der Waals surface area (Å²) in [5.41, 5.74) is 3.93. The number of rotatable bonds is 6. The zero-order valence-electron chi connectivity index (χ0n) is 27.5. The predicted octanol–water partition coefficient (Wildman–Crippen LogP) is 7.99. The average molecular weight is 638 g/mol. The summed E-state index contributed by atoms with van der Waals surface area (Å²) in [5.74, 6) is 0.219. The Labute approximate surface area is 268 Å². The average Bonchev–Trinajstić information content (AvgIpc) is 3.21. The fourth-order valence-electron chi connectivity index (χ4n) is 6.44. The fourth-order valence-corrected chi connectivity index (χ4v) is 6.44. The van der Waals surface area contributed by atoms with Crippen molar-refractivity contribution in [3.8, 4) is 0 Å². The minimum absolute atomic E-state index is 0.0196. The molecule has 0 aliphatic carbocycles. The topological polar surface area (TPSA) is 96.5 Å². The van der Waals surface area contributed by atoms with Crippen LogP contribution in [0.2, 0.25) is 0 Å². The number of fused-ring (bicyclic) bond motifs is 1. The van der Waals surface area contributed by atoms with Crippen LogP contribution in [0, 0.1) is 13.8 Å². The molecule has 0 atom stereocenters. The number of halogens is 3. The molecule has 0 saturated carbocycles. The van der Waals surface area contributed by atoms with Gasteiger partial charge in [0.25, 0.3) is 0 Å². The normalized spacial score (nSPS) is 16.7. The standard InChI is InChI=1S/C35H42F3N5O3/c1-20-21(2)26(14-12-24(20)22-15-17-43(18-16-22)32(45)46-33(3,4)5)41-31-39-19-25(35(36,37)38)27(42-31)13-11-23-9-8-10-28-29(23)34(6,7)30(44)40-28/h8-10,12,14,19,22H,11,13,15-18H2,1-7H3,(H,40,44)(H,39,41,42). The number of nitrogens with one attached hydrogen (secondary N) is 2. The van der Waals surface area contributed by atoms with E-state index in [0.29, 0.717) is 24.5 Å². The number of carbonyl (C=O) groups is 2. The number of anilines is 3. The summed E-state index contributed by atoms with van der Waals surface area (Å²) in [5, 5.41) is 6.02. The molecule has 2 aliphatic heterocycles. The summed E-state index contributed by atoms with van der Waals surface area (Å²) in [6, 6.07) is 9.41. The number of alkyl halides is 3. The van der Waals surface area contributed by atoms with Crippen LogP contribution in [-0.2, 0) is 34.0 Å². The van der Waals surface area contributed by atoms with Crippen molar-refractivity contribution >= 4 is 29.3 Å². The van der Waals surface area contributed by atoms with Crippen molar-refractivity contribution in [2.45, 2.75) is 97.3 Å². The molecule has 1 saturated heterocycles. The van der Waals surface area contributed by atoms with Crippen LogP contribution in [0.4, 0.5) is 35.3 Å². The molecule has 3 aromatic rings. The largest absolute Gasteiger partial charge is 0.444 e. The summed E-state index contributed by atoms with van der Waals surface area (Å²) in [7, 11) is 0. The van der Waals surface area contributed by atoms with Gasteiger partial charge in [-0.25, -0.2) is 14.8 Å². The molecule has 46 heavy (non-hydrogen) atoms. The maximum Gasteiger partial charge on any atom is 0.419 e. The third kappa shape index (κ3) is 6.83. The lowest BCUT2D eigenvalue weighted by Crippen LogP contribution is -2.41. The van der Waals surface area contributed by atoms with Crippen molar-refractivity contribution in [3.05, 3.63) is 75.6 Å². The van der Waals surface area contributed by atoms with E-state index < -0.39 is 22.8 Å². The molecule has 246 valence electrons. The number of likely N-dealkylation sites (tertiary alicyclic amines) is 1. The Morgan fingerprint density at radius 3 is 2.41 bits per heavy atom. The van der Waals surface area contributed by atoms with Crippen LogP contribution >= 0.6 is 0 Å². The second-order valence-corrected chi connectivity index (χ2v) is 13.8. The summed E-state index contributed by atoms with van der Waals surface area (Å²) < 4.78 is 47.6. The van der Waals surface area contributed by atoms with Gasteiger partial charge in [-0.2, -0.15) is 13.2 Å². The molecule has 1 fully saturated rings. The van der Waals surface area contributed by atoms with Crippen molar-refractivity contribution in [3.63, 3.8) is 0 Å². The Balaban J connectivity index is 1.33. The second kappa shape index (κ2) is 12.2. The predicted molar refractivity (Wildman–Crippen MR) is 172 cm³/mol. The molecule has 2 aromatic carbocycles. The van der Waals surface area contributed by atoms with E-state index in [-0.39, 0.29) is 42.4 Å². The minimum atomic E-state index is -4.61. The molecule has 2 aliphatic rings. The Hall–Kier alpha value is -4.15. The summed E-state index contributed by atoms with van der Waals surface area (Å²) in [6.45, 7) is 14.4. The lowest BCUT2D eigenvalue weighted by atomic mass is 9.82. The van der Waals surface area contributed by atoms with Crippen LogP contribution in [0.25, 0.3) is 0 Å². The molecule has 0 radical (unpaired) electrons. The third-order valence-electron chi connectivity index (χ3n) is 9.06. The molecule has 1 aromatic heterocycles. The van der Waals surface area contributed by atoms with E-state index in [9.17, 15) is 22.8 Å². The molecule has 5 rings (SSSR count). The van der Waals surface area contributed by atoms with Gasteiger partial charge in [-0.15, -0.1) is 0 Å². The quantitative estimate of drug-likeness (QED) is 0.285. The smallest absolute Gasteiger partial charge is 0.419 e. The molecule has 0 unspecified atom stereocenters. The number of benzene rings is 2. The number of nitrogens with zero attached hydrogens (tertiary/aromatic N) is 3. The first-order valence-corrected chi connectivity index (χ1v) is 15.7. The van der Waals surface area contributed by atoms with Crippen molar-refractivity contribution < 1.29 is 27.5 Å². The first kappa shape index (κ1) is 33.2. The highest BCUT2D eigenvalue weighted by atomic mass is 19.4. The van der Waals surface area contributed by atoms with E-state index >= 15 is 0 Å². The maximum atomic E-state index is 14.0. The van der Waals surface area contributed by atoms with E-state index in [1.54, 1.807) is 11.0 Å². The van der Waals surface area contributed by atoms with Gasteiger partial charge in [-0.05, 0) is 120 Å². The van der Waals surface area contributed by atoms with Gasteiger partial charge in [0.05, 0.1) is 16.7 Å². The first-order chi connectivity index (χ1) is 21.5. The molecule has 0 bridgehead atoms. The number of ether oxygens (including phenoxy) is 1. The van der Waals surface area contributed by atoms with Gasteiger partial charge in [-0.3, -0.25) is 4.79 Å². The minimum Gasteiger partial charge on any atom is -0.444 e. The number of aromatic nitrogens is 2. The Kier molecular flexibility index (Phi) is 8.83. The van der Waals surface area contributed by atoms with Crippen LogP contribution in [-0.4, -0.2) is 45.6 Å². The maximum absolute atomic E-state index is 14.0. The highest BCUT2D eigenvalue weighted by molar-refractivity contribution is 6.06. The van der Waals surface area contributed by atoms with Gasteiger partial charge in [0.2, 0.25) is 11.9 Å². The number of piperidine rings is 1. The SMILES string of the molecule is Cc1c(Nc2ncc(C(F)(F)F)c(CCc3cccc4c3C(C)(C)C(=O)N4)n2)ccc(C2CCN(C(=O)OC(C)(C)C)CC2)c1C. The summed E-state index contributed by atoms with van der Waals surface area (Å²) >= 11 is 0. The number of amides is 2. The Bertz CT molecular complexity index is 1650. The van der Waals surface area contributed by atoms with Crippen molar-refractivity contribution in [1.82, 2.24) is 14.9 Å². The molecule has 8 nitrogen and oxygen atoms in total. The van der Waals surface area contributed by atoms with E-state index in [1.807, 2.05) is 72.7 Å². The van der Waals surface area contributed by atoms with Crippen LogP contribution in [0.3, 0.4) is 0 Å². The van der Waals surface area contributed by atoms with Crippen molar-refractivity contribution in [1.29, 1.82) is 0 Å². The molecular formula is C35H42F3N5O3. The Morgan fingerprint density at radius 2 is 1.76 bits per heavy atom. The van der Waals surface area contributed by atoms with Gasteiger partial charge >= 0.3 is 12.3 Å². The first-order valence-electron chi connectivity index (χ1n) is 15.7. The van der Waals surface area contributed by atoms with Crippen LogP contribution in [0.15, 0.2) is 36.5 Å². The second-order valence-electron chi connectivity index (χ2n) is 13.8. The Morgan fingerprint density at radius 1 is 1.07 bits per heavy atom. The van der Waals surface area contributed by atoms with E-state index in [4.69, 9.17) is 4.74 Å².